The number of Topliss-reactive ketones (excluding diaryl/α,β-unsaturated/α-hetero) is 1. The summed E-state index contributed by atoms with van der Waals surface area (Å²) in [7, 11) is 12.4. The van der Waals surface area contributed by atoms with Gasteiger partial charge in [0.1, 0.15) is 0 Å². The molecule has 0 aromatic carbocycles. The number of hydrogen-bond acceptors (Lipinski definition) is 9. The van der Waals surface area contributed by atoms with Crippen molar-refractivity contribution in [2.45, 2.75) is 64.2 Å². The summed E-state index contributed by atoms with van der Waals surface area (Å²) in [5, 5.41) is 39.0. The third-order valence-electron chi connectivity index (χ3n) is 8.51. The number of primary amides is 1. The fraction of sp³-hybridized carbons (Fsp3) is 0.586. The van der Waals surface area contributed by atoms with E-state index < -0.39 is 34.7 Å². The first-order valence-electron chi connectivity index (χ1n) is 13.8. The van der Waals surface area contributed by atoms with Gasteiger partial charge in [-0.2, -0.15) is 0 Å². The van der Waals surface area contributed by atoms with Crippen molar-refractivity contribution >= 4 is 45.5 Å². The molecule has 5 atom stereocenters. The molecule has 4 rings (SSSR count). The van der Waals surface area contributed by atoms with Crippen molar-refractivity contribution in [3.8, 4) is 5.75 Å². The van der Waals surface area contributed by atoms with Gasteiger partial charge in [-0.3, -0.25) is 0 Å². The van der Waals surface area contributed by atoms with Gasteiger partial charge in [0.25, 0.3) is 0 Å². The number of amides is 1. The Morgan fingerprint density at radius 2 is 1.85 bits per heavy atom. The van der Waals surface area contributed by atoms with Crippen molar-refractivity contribution in [3.05, 3.63) is 34.2 Å². The molecule has 3 aliphatic carbocycles. The van der Waals surface area contributed by atoms with E-state index in [4.69, 9.17) is 13.2 Å². The monoisotopic (exact) mass is 582 g/mol. The number of ketones is 1. The van der Waals surface area contributed by atoms with Crippen LogP contribution in [-0.4, -0.2) is 93.8 Å². The van der Waals surface area contributed by atoms with Gasteiger partial charge < -0.3 is 5.32 Å². The molecule has 41 heavy (non-hydrogen) atoms. The molecule has 7 N–H and O–H groups in total. The zero-order valence-corrected chi connectivity index (χ0v) is 26.1. The van der Waals surface area contributed by atoms with E-state index in [0.29, 0.717) is 24.9 Å². The number of aliphatic hydroxyl groups excluding tert-OH is 2. The van der Waals surface area contributed by atoms with Gasteiger partial charge in [0, 0.05) is 5.54 Å². The molecule has 1 aromatic heterocycles. The molecule has 3 aliphatic rings. The molecular weight excluding hydrogens is 540 g/mol. The van der Waals surface area contributed by atoms with E-state index in [1.807, 2.05) is 0 Å². The summed E-state index contributed by atoms with van der Waals surface area (Å²) in [5.74, 6) is -2.97. The van der Waals surface area contributed by atoms with Crippen LogP contribution in [0.25, 0.3) is 5.76 Å². The number of aromatic hydroxyl groups is 1. The quantitative estimate of drug-likeness (QED) is 0.208. The normalized spacial score (nSPS) is 26.6. The number of nitrogens with one attached hydrogen (secondary N) is 2. The fourth-order valence-electron chi connectivity index (χ4n) is 6.30. The number of likely N-dealkylation sites (N-methyl/N-ethyl adjacent to an activating group) is 1. The van der Waals surface area contributed by atoms with Gasteiger partial charge in [0.15, 0.2) is 0 Å². The second-order valence-corrected chi connectivity index (χ2v) is 14.5. The summed E-state index contributed by atoms with van der Waals surface area (Å²) in [6, 6.07) is -0.703. The third-order valence-corrected chi connectivity index (χ3v) is 9.51. The summed E-state index contributed by atoms with van der Waals surface area (Å²) >= 11 is 0. The van der Waals surface area contributed by atoms with Crippen LogP contribution >= 0.6 is 9.24 Å². The van der Waals surface area contributed by atoms with E-state index in [-0.39, 0.29) is 56.2 Å². The molecule has 1 heterocycles. The topological polar surface area (TPSA) is 161 Å². The average Bonchev–Trinajstić information content (AvgIpc) is 2.84. The van der Waals surface area contributed by atoms with E-state index in [1.54, 1.807) is 25.2 Å². The first-order chi connectivity index (χ1) is 18.8. The van der Waals surface area contributed by atoms with Crippen LogP contribution in [0.3, 0.4) is 0 Å². The second-order valence-electron chi connectivity index (χ2n) is 13.6. The van der Waals surface area contributed by atoms with Gasteiger partial charge >= 0.3 is 214 Å². The number of nitrogens with zero attached hydrogens (tertiary/aromatic N) is 2. The van der Waals surface area contributed by atoms with Crippen molar-refractivity contribution in [1.29, 1.82) is 0 Å². The number of aromatic nitrogens is 1. The predicted octanol–water partition coefficient (Wildman–Crippen LogP) is 1.84. The first kappa shape index (κ1) is 31.2. The number of allylic oxidation sites excluding steroid dienone is 1. The SMILES string of the molecule is [B]=C1C(C(N)=O)=C(O)[C@@H](N(C)C)[C@@H]2C[C@@H]3Cc4cnc(NCC(C)(C)CNC(C)(C)C)c(O)c4C(O)=C3C(=O)[C@]12P. The number of fused-ring (bicyclic) bond motifs is 3. The van der Waals surface area contributed by atoms with E-state index in [9.17, 15) is 24.9 Å². The Morgan fingerprint density at radius 1 is 1.22 bits per heavy atom. The molecule has 12 heteroatoms. The number of nitrogens with two attached hydrogens (primary N) is 1. The molecule has 1 aromatic rings. The first-order valence-corrected chi connectivity index (χ1v) is 14.4. The van der Waals surface area contributed by atoms with Crippen LogP contribution in [-0.2, 0) is 16.0 Å². The molecule has 0 spiro atoms. The number of hydrogen-bond donors (Lipinski definition) is 6. The summed E-state index contributed by atoms with van der Waals surface area (Å²) in [6.45, 7) is 11.7. The van der Waals surface area contributed by atoms with Crippen molar-refractivity contribution in [1.82, 2.24) is 15.2 Å². The van der Waals surface area contributed by atoms with Crippen molar-refractivity contribution < 1.29 is 24.9 Å². The van der Waals surface area contributed by atoms with Gasteiger partial charge in [-0.25, -0.2) is 0 Å². The van der Waals surface area contributed by atoms with Gasteiger partial charge in [-0.15, -0.1) is 0 Å². The molecule has 1 amide bonds. The number of carbonyl (C=O) groups excluding carboxylic acids is 2. The van der Waals surface area contributed by atoms with E-state index >= 15 is 0 Å². The summed E-state index contributed by atoms with van der Waals surface area (Å²) in [6.07, 6.45) is 2.35. The molecule has 1 saturated carbocycles. The molecule has 0 saturated heterocycles. The molecule has 1 fully saturated rings. The Morgan fingerprint density at radius 3 is 2.41 bits per heavy atom. The average molecular weight is 582 g/mol. The van der Waals surface area contributed by atoms with Crippen LogP contribution in [0.1, 0.15) is 52.2 Å². The van der Waals surface area contributed by atoms with Crippen LogP contribution in [0.2, 0.25) is 0 Å². The number of rotatable bonds is 7. The number of anilines is 1. The Balaban J connectivity index is 1.73. The number of aliphatic hydroxyl groups is 2. The van der Waals surface area contributed by atoms with Gasteiger partial charge in [0.2, 0.25) is 0 Å². The Labute approximate surface area is 245 Å². The minimum atomic E-state index is -1.49. The third kappa shape index (κ3) is 5.32. The van der Waals surface area contributed by atoms with Crippen LogP contribution in [0.5, 0.6) is 5.75 Å². The number of pyridine rings is 1. The molecule has 221 valence electrons. The maximum atomic E-state index is 14.3. The van der Waals surface area contributed by atoms with Crippen LogP contribution in [0.15, 0.2) is 23.1 Å². The van der Waals surface area contributed by atoms with Crippen LogP contribution in [0.4, 0.5) is 5.82 Å². The van der Waals surface area contributed by atoms with E-state index in [2.05, 4.69) is 59.5 Å². The van der Waals surface area contributed by atoms with Gasteiger partial charge in [-0.05, 0) is 20.8 Å². The zero-order valence-electron chi connectivity index (χ0n) is 24.9. The Hall–Kier alpha value is -2.75. The van der Waals surface area contributed by atoms with Crippen LogP contribution < -0.4 is 16.4 Å². The van der Waals surface area contributed by atoms with Gasteiger partial charge in [-0.1, -0.05) is 0 Å². The molecule has 10 nitrogen and oxygen atoms in total. The molecule has 0 bridgehead atoms. The van der Waals surface area contributed by atoms with E-state index in [1.165, 1.54) is 0 Å². The second kappa shape index (κ2) is 10.5. The fourth-order valence-corrected chi connectivity index (χ4v) is 6.92. The summed E-state index contributed by atoms with van der Waals surface area (Å²) in [4.78, 5) is 32.8. The van der Waals surface area contributed by atoms with Crippen molar-refractivity contribution in [3.63, 3.8) is 0 Å². The van der Waals surface area contributed by atoms with E-state index in [0.717, 1.165) is 6.54 Å². The van der Waals surface area contributed by atoms with Crippen molar-refractivity contribution in [2.75, 3.05) is 32.5 Å². The summed E-state index contributed by atoms with van der Waals surface area (Å²) < 4.78 is 0. The van der Waals surface area contributed by atoms with Crippen molar-refractivity contribution in [2.24, 2.45) is 23.0 Å². The molecule has 1 unspecified atom stereocenters. The summed E-state index contributed by atoms with van der Waals surface area (Å²) in [5.41, 5.74) is 5.85. The molecule has 1 radical (unpaired) electrons. The molecular formula is C29H42BN5O5P. The standard InChI is InChI=1S/C29H42BN5O5P/c1-27(2,3)34-12-28(4,5)11-33-26-22(38)16-14(10-32-26)8-13-9-15-19(35(6)7)21(37)18(25(31)40)23(30)29(15,41)24(39)17(13)20(16)36/h10,13,15,19,34,36-38H,8-9,11-12,41H2,1-7H3,(H2,31,40)(H,32,33)/t13-,15-,19-,29+/m0/s1. The van der Waals surface area contributed by atoms with Gasteiger partial charge in [0.05, 0.1) is 0 Å². The Kier molecular flexibility index (Phi) is 8.00. The molecule has 0 aliphatic heterocycles. The predicted molar refractivity (Wildman–Crippen MR) is 165 cm³/mol. The number of carbonyl (C=O) groups is 2. The Bertz CT molecular complexity index is 1380. The van der Waals surface area contributed by atoms with Crippen LogP contribution in [0, 0.1) is 17.3 Å². The zero-order chi connectivity index (χ0) is 30.8. The minimum absolute atomic E-state index is 0.0447. The maximum absolute atomic E-state index is 14.3.